The topological polar surface area (TPSA) is 38.8 Å². The number of hydrogen-bond acceptors (Lipinski definition) is 3. The number of carbonyl (C=O) groups is 1. The van der Waals surface area contributed by atoms with E-state index in [1.807, 2.05) is 17.0 Å². The minimum absolute atomic E-state index is 0.171. The summed E-state index contributed by atoms with van der Waals surface area (Å²) in [6.07, 6.45) is 3.80. The van der Waals surface area contributed by atoms with Crippen molar-refractivity contribution in [1.82, 2.24) is 4.90 Å². The second-order valence-corrected chi connectivity index (χ2v) is 6.40. The molecule has 0 bridgehead atoms. The molecule has 3 rings (SSSR count). The third-order valence-electron chi connectivity index (χ3n) is 4.86. The van der Waals surface area contributed by atoms with Gasteiger partial charge < -0.3 is 14.4 Å². The van der Waals surface area contributed by atoms with Gasteiger partial charge in [-0.1, -0.05) is 29.8 Å². The number of nitrogens with zero attached hydrogens (tertiary/aromatic N) is 1. The van der Waals surface area contributed by atoms with E-state index in [0.29, 0.717) is 19.6 Å². The van der Waals surface area contributed by atoms with E-state index in [4.69, 9.17) is 9.47 Å². The van der Waals surface area contributed by atoms with Crippen molar-refractivity contribution < 1.29 is 14.3 Å². The largest absolute Gasteiger partial charge is 0.381 e. The molecule has 1 aliphatic heterocycles. The van der Waals surface area contributed by atoms with Crippen LogP contribution in [0.3, 0.4) is 0 Å². The van der Waals surface area contributed by atoms with E-state index in [1.54, 1.807) is 7.11 Å². The second-order valence-electron chi connectivity index (χ2n) is 6.40. The first-order chi connectivity index (χ1) is 10.7. The standard InChI is InChI=1S/C18H25NO3/c1-13-4-3-5-14(10-13)11-18(20)19-8-9-22-17-7-6-15(21-2)12-16(17)19/h3-5,10,15-17H,6-9,11-12H2,1-2H3/t15-,16-,17-/m1/s1. The molecule has 4 heteroatoms. The lowest BCUT2D eigenvalue weighted by molar-refractivity contribution is -0.154. The van der Waals surface area contributed by atoms with Crippen molar-refractivity contribution in [3.63, 3.8) is 0 Å². The fourth-order valence-corrected chi connectivity index (χ4v) is 3.69. The molecule has 1 aromatic rings. The maximum absolute atomic E-state index is 12.8. The van der Waals surface area contributed by atoms with Crippen LogP contribution in [0.25, 0.3) is 0 Å². The lowest BCUT2D eigenvalue weighted by Crippen LogP contribution is -2.57. The Hall–Kier alpha value is -1.39. The Kier molecular flexibility index (Phi) is 4.79. The summed E-state index contributed by atoms with van der Waals surface area (Å²) in [6.45, 7) is 3.41. The van der Waals surface area contributed by atoms with Gasteiger partial charge in [-0.2, -0.15) is 0 Å². The molecule has 2 fully saturated rings. The van der Waals surface area contributed by atoms with Gasteiger partial charge in [-0.3, -0.25) is 4.79 Å². The van der Waals surface area contributed by atoms with Crippen LogP contribution < -0.4 is 0 Å². The Bertz CT molecular complexity index is 531. The van der Waals surface area contributed by atoms with Crippen LogP contribution in [0.4, 0.5) is 0 Å². The van der Waals surface area contributed by atoms with Gasteiger partial charge in [-0.05, 0) is 31.7 Å². The summed E-state index contributed by atoms with van der Waals surface area (Å²) in [7, 11) is 1.76. The number of benzene rings is 1. The van der Waals surface area contributed by atoms with Gasteiger partial charge in [0.05, 0.1) is 31.3 Å². The third kappa shape index (κ3) is 3.33. The Labute approximate surface area is 132 Å². The quantitative estimate of drug-likeness (QED) is 0.860. The van der Waals surface area contributed by atoms with Crippen molar-refractivity contribution in [3.05, 3.63) is 35.4 Å². The van der Waals surface area contributed by atoms with Crippen LogP contribution >= 0.6 is 0 Å². The van der Waals surface area contributed by atoms with E-state index in [9.17, 15) is 4.79 Å². The van der Waals surface area contributed by atoms with Gasteiger partial charge in [0.2, 0.25) is 5.91 Å². The maximum Gasteiger partial charge on any atom is 0.227 e. The summed E-state index contributed by atoms with van der Waals surface area (Å²) in [6, 6.07) is 8.37. The SMILES string of the molecule is CO[C@@H]1CC[C@H]2OCCN(C(=O)Cc3cccc(C)c3)[C@@H]2C1. The molecule has 120 valence electrons. The minimum atomic E-state index is 0.171. The number of morpholine rings is 1. The first-order valence-electron chi connectivity index (χ1n) is 8.17. The average molecular weight is 303 g/mol. The summed E-state index contributed by atoms with van der Waals surface area (Å²) in [4.78, 5) is 14.8. The molecule has 0 aromatic heterocycles. The summed E-state index contributed by atoms with van der Waals surface area (Å²) in [5.74, 6) is 0.209. The Morgan fingerprint density at radius 1 is 1.41 bits per heavy atom. The molecule has 0 spiro atoms. The average Bonchev–Trinajstić information content (AvgIpc) is 2.53. The number of fused-ring (bicyclic) bond motifs is 1. The maximum atomic E-state index is 12.8. The van der Waals surface area contributed by atoms with Gasteiger partial charge in [0.25, 0.3) is 0 Å². The summed E-state index contributed by atoms with van der Waals surface area (Å²) < 4.78 is 11.4. The molecule has 2 aliphatic rings. The molecule has 1 aromatic carbocycles. The van der Waals surface area contributed by atoms with Crippen molar-refractivity contribution in [2.75, 3.05) is 20.3 Å². The van der Waals surface area contributed by atoms with Gasteiger partial charge in [-0.15, -0.1) is 0 Å². The Balaban J connectivity index is 1.70. The second kappa shape index (κ2) is 6.80. The zero-order chi connectivity index (χ0) is 15.5. The van der Waals surface area contributed by atoms with E-state index in [2.05, 4.69) is 19.1 Å². The molecule has 1 amide bonds. The lowest BCUT2D eigenvalue weighted by Gasteiger charge is -2.45. The number of aryl methyl sites for hydroxylation is 1. The lowest BCUT2D eigenvalue weighted by atomic mass is 9.87. The monoisotopic (exact) mass is 303 g/mol. The molecule has 1 aliphatic carbocycles. The normalized spacial score (nSPS) is 28.3. The van der Waals surface area contributed by atoms with E-state index in [1.165, 1.54) is 5.56 Å². The molecule has 4 nitrogen and oxygen atoms in total. The van der Waals surface area contributed by atoms with Crippen LogP contribution in [0.15, 0.2) is 24.3 Å². The van der Waals surface area contributed by atoms with Gasteiger partial charge in [-0.25, -0.2) is 0 Å². The number of amides is 1. The molecular formula is C18H25NO3. The van der Waals surface area contributed by atoms with Gasteiger partial charge in [0.15, 0.2) is 0 Å². The number of rotatable bonds is 3. The first kappa shape index (κ1) is 15.5. The highest BCUT2D eigenvalue weighted by atomic mass is 16.5. The van der Waals surface area contributed by atoms with E-state index in [0.717, 1.165) is 24.8 Å². The predicted octanol–water partition coefficient (Wildman–Crippen LogP) is 2.33. The van der Waals surface area contributed by atoms with Crippen molar-refractivity contribution >= 4 is 5.91 Å². The molecule has 1 saturated heterocycles. The van der Waals surface area contributed by atoms with E-state index >= 15 is 0 Å². The van der Waals surface area contributed by atoms with Crippen molar-refractivity contribution in [2.45, 2.75) is 50.9 Å². The van der Waals surface area contributed by atoms with Gasteiger partial charge >= 0.3 is 0 Å². The summed E-state index contributed by atoms with van der Waals surface area (Å²) >= 11 is 0. The fourth-order valence-electron chi connectivity index (χ4n) is 3.69. The third-order valence-corrected chi connectivity index (χ3v) is 4.86. The highest BCUT2D eigenvalue weighted by Gasteiger charge is 2.39. The van der Waals surface area contributed by atoms with Crippen LogP contribution in [-0.4, -0.2) is 49.3 Å². The van der Waals surface area contributed by atoms with Crippen molar-refractivity contribution in [1.29, 1.82) is 0 Å². The Morgan fingerprint density at radius 3 is 3.05 bits per heavy atom. The zero-order valence-electron chi connectivity index (χ0n) is 13.5. The minimum Gasteiger partial charge on any atom is -0.381 e. The van der Waals surface area contributed by atoms with Gasteiger partial charge in [0.1, 0.15) is 0 Å². The molecule has 22 heavy (non-hydrogen) atoms. The van der Waals surface area contributed by atoms with Crippen LogP contribution in [0.2, 0.25) is 0 Å². The number of methoxy groups -OCH3 is 1. The van der Waals surface area contributed by atoms with Crippen LogP contribution in [0.1, 0.15) is 30.4 Å². The number of ether oxygens (including phenoxy) is 2. The van der Waals surface area contributed by atoms with Gasteiger partial charge in [0, 0.05) is 13.7 Å². The van der Waals surface area contributed by atoms with Crippen molar-refractivity contribution in [2.24, 2.45) is 0 Å². The molecule has 0 N–H and O–H groups in total. The number of hydrogen-bond donors (Lipinski definition) is 0. The van der Waals surface area contributed by atoms with Crippen LogP contribution in [-0.2, 0) is 20.7 Å². The molecule has 0 unspecified atom stereocenters. The summed E-state index contributed by atoms with van der Waals surface area (Å²) in [5, 5.41) is 0. The smallest absolute Gasteiger partial charge is 0.227 e. The molecule has 1 saturated carbocycles. The fraction of sp³-hybridized carbons (Fsp3) is 0.611. The van der Waals surface area contributed by atoms with E-state index < -0.39 is 0 Å². The predicted molar refractivity (Wildman–Crippen MR) is 84.8 cm³/mol. The molecular weight excluding hydrogens is 278 g/mol. The molecule has 0 radical (unpaired) electrons. The Morgan fingerprint density at radius 2 is 2.27 bits per heavy atom. The number of carbonyl (C=O) groups excluding carboxylic acids is 1. The highest BCUT2D eigenvalue weighted by molar-refractivity contribution is 5.79. The van der Waals surface area contributed by atoms with Crippen LogP contribution in [0, 0.1) is 6.92 Å². The van der Waals surface area contributed by atoms with Crippen molar-refractivity contribution in [3.8, 4) is 0 Å². The van der Waals surface area contributed by atoms with Crippen LogP contribution in [0.5, 0.6) is 0 Å². The molecule has 1 heterocycles. The highest BCUT2D eigenvalue weighted by Crippen LogP contribution is 2.30. The van der Waals surface area contributed by atoms with E-state index in [-0.39, 0.29) is 24.2 Å². The first-order valence-corrected chi connectivity index (χ1v) is 8.17. The zero-order valence-corrected chi connectivity index (χ0v) is 13.5. The molecule has 3 atom stereocenters. The summed E-state index contributed by atoms with van der Waals surface area (Å²) in [5.41, 5.74) is 2.29.